The van der Waals surface area contributed by atoms with Crippen LogP contribution in [-0.4, -0.2) is 69.4 Å². The molecule has 2 heterocycles. The predicted octanol–water partition coefficient (Wildman–Crippen LogP) is 4.00. The standard InChI is InChI=1S/C28H50N3O8P/c1-21(31-40(35)38-20-27(2,3)24(39-40)25(33)30-16-11-23(32)36-4)26(34)37-18-12-22-19-28(15-17-29-22)13-9-7-5-6-8-10-14-28/h21-22,24,29H,5-20H2,1-4H3,(H,30,33)(H,31,35)/t21-,22?,24-,40?/m0/s1. The van der Waals surface area contributed by atoms with Crippen molar-refractivity contribution in [1.29, 1.82) is 0 Å². The summed E-state index contributed by atoms with van der Waals surface area (Å²) in [6, 6.07) is -0.648. The van der Waals surface area contributed by atoms with E-state index in [0.717, 1.165) is 19.4 Å². The lowest BCUT2D eigenvalue weighted by atomic mass is 9.69. The minimum Gasteiger partial charge on any atom is -0.469 e. The van der Waals surface area contributed by atoms with E-state index in [4.69, 9.17) is 13.8 Å². The molecule has 40 heavy (non-hydrogen) atoms. The van der Waals surface area contributed by atoms with Crippen molar-refractivity contribution in [2.24, 2.45) is 10.8 Å². The Labute approximate surface area is 239 Å². The number of methoxy groups -OCH3 is 1. The van der Waals surface area contributed by atoms with Crippen LogP contribution in [0.4, 0.5) is 0 Å². The second-order valence-corrected chi connectivity index (χ2v) is 14.1. The third kappa shape index (κ3) is 9.79. The number of hydrogen-bond acceptors (Lipinski definition) is 9. The van der Waals surface area contributed by atoms with Gasteiger partial charge in [-0.1, -0.05) is 52.4 Å². The summed E-state index contributed by atoms with van der Waals surface area (Å²) in [6.45, 7) is 6.33. The van der Waals surface area contributed by atoms with Crippen molar-refractivity contribution >= 4 is 25.6 Å². The SMILES string of the molecule is COC(=O)CCNC(=O)[C@@H]1OP(=O)(N[C@@H](C)C(=O)OCCC2CC3(CCCCCCCC3)CCN2)OCC1(C)C. The molecule has 0 aromatic heterocycles. The quantitative estimate of drug-likeness (QED) is 0.254. The Morgan fingerprint density at radius 3 is 2.42 bits per heavy atom. The van der Waals surface area contributed by atoms with Gasteiger partial charge in [-0.05, 0) is 51.0 Å². The van der Waals surface area contributed by atoms with Crippen molar-refractivity contribution in [2.45, 2.75) is 116 Å². The predicted molar refractivity (Wildman–Crippen MR) is 150 cm³/mol. The summed E-state index contributed by atoms with van der Waals surface area (Å²) in [5.41, 5.74) is -0.376. The molecule has 12 heteroatoms. The first-order valence-corrected chi connectivity index (χ1v) is 16.5. The first-order chi connectivity index (χ1) is 19.0. The van der Waals surface area contributed by atoms with E-state index in [0.29, 0.717) is 11.5 Å². The molecule has 3 fully saturated rings. The number of carbonyl (C=O) groups is 3. The van der Waals surface area contributed by atoms with Crippen LogP contribution in [-0.2, 0) is 37.5 Å². The van der Waals surface area contributed by atoms with Gasteiger partial charge in [0.2, 0.25) is 5.91 Å². The Kier molecular flexibility index (Phi) is 12.4. The highest BCUT2D eigenvalue weighted by atomic mass is 31.2. The fourth-order valence-corrected chi connectivity index (χ4v) is 7.97. The number of carbonyl (C=O) groups excluding carboxylic acids is 3. The van der Waals surface area contributed by atoms with Gasteiger partial charge in [-0.3, -0.25) is 23.4 Å². The average molecular weight is 588 g/mol. The Bertz CT molecular complexity index is 904. The number of hydrogen-bond donors (Lipinski definition) is 3. The van der Waals surface area contributed by atoms with E-state index in [-0.39, 0.29) is 26.2 Å². The van der Waals surface area contributed by atoms with Gasteiger partial charge in [-0.2, -0.15) is 0 Å². The molecule has 1 aliphatic carbocycles. The second kappa shape index (κ2) is 15.1. The Balaban J connectivity index is 1.46. The normalized spacial score (nSPS) is 29.3. The molecule has 0 aromatic carbocycles. The van der Waals surface area contributed by atoms with Gasteiger partial charge in [-0.15, -0.1) is 0 Å². The largest absolute Gasteiger partial charge is 0.469 e. The van der Waals surface area contributed by atoms with Crippen molar-refractivity contribution in [1.82, 2.24) is 15.7 Å². The molecule has 3 N–H and O–H groups in total. The number of piperidine rings is 1. The summed E-state index contributed by atoms with van der Waals surface area (Å²) < 4.78 is 34.5. The first-order valence-electron chi connectivity index (χ1n) is 14.9. The highest BCUT2D eigenvalue weighted by Gasteiger charge is 2.49. The molecule has 3 rings (SSSR count). The van der Waals surface area contributed by atoms with Gasteiger partial charge in [-0.25, -0.2) is 9.65 Å². The summed E-state index contributed by atoms with van der Waals surface area (Å²) in [7, 11) is -2.71. The first kappa shape index (κ1) is 33.0. The molecular formula is C28H50N3O8P. The highest BCUT2D eigenvalue weighted by molar-refractivity contribution is 7.51. The Hall–Kier alpha value is -1.52. The Morgan fingerprint density at radius 1 is 1.07 bits per heavy atom. The molecule has 1 amide bonds. The van der Waals surface area contributed by atoms with Crippen LogP contribution in [0.5, 0.6) is 0 Å². The van der Waals surface area contributed by atoms with Gasteiger partial charge in [0.25, 0.3) is 0 Å². The van der Waals surface area contributed by atoms with Crippen LogP contribution in [0.15, 0.2) is 0 Å². The van der Waals surface area contributed by atoms with Gasteiger partial charge in [0.1, 0.15) is 6.04 Å². The van der Waals surface area contributed by atoms with Gasteiger partial charge in [0, 0.05) is 18.0 Å². The zero-order valence-corrected chi connectivity index (χ0v) is 25.7. The van der Waals surface area contributed by atoms with Crippen molar-refractivity contribution in [2.75, 3.05) is 33.4 Å². The minimum atomic E-state index is -3.98. The van der Waals surface area contributed by atoms with E-state index in [2.05, 4.69) is 20.5 Å². The van der Waals surface area contributed by atoms with Crippen molar-refractivity contribution in [3.63, 3.8) is 0 Å². The van der Waals surface area contributed by atoms with Crippen LogP contribution in [0.3, 0.4) is 0 Å². The average Bonchev–Trinajstić information content (AvgIpc) is 3.02. The summed E-state index contributed by atoms with van der Waals surface area (Å²) in [4.78, 5) is 36.8. The molecule has 0 bridgehead atoms. The molecule has 4 atom stereocenters. The van der Waals surface area contributed by atoms with Gasteiger partial charge in [0.05, 0.1) is 26.7 Å². The van der Waals surface area contributed by atoms with E-state index in [1.807, 2.05) is 0 Å². The molecule has 0 radical (unpaired) electrons. The lowest BCUT2D eigenvalue weighted by Crippen LogP contribution is -2.51. The summed E-state index contributed by atoms with van der Waals surface area (Å²) in [5, 5.41) is 8.84. The molecular weight excluding hydrogens is 537 g/mol. The monoisotopic (exact) mass is 587 g/mol. The van der Waals surface area contributed by atoms with Crippen LogP contribution in [0.25, 0.3) is 0 Å². The molecule has 11 nitrogen and oxygen atoms in total. The molecule has 2 saturated heterocycles. The van der Waals surface area contributed by atoms with E-state index < -0.39 is 43.2 Å². The number of esters is 2. The van der Waals surface area contributed by atoms with Crippen LogP contribution in [0.1, 0.15) is 97.8 Å². The molecule has 230 valence electrons. The fourth-order valence-electron chi connectivity index (χ4n) is 6.04. The van der Waals surface area contributed by atoms with Gasteiger partial charge < -0.3 is 20.1 Å². The summed E-state index contributed by atoms with van der Waals surface area (Å²) in [5.74, 6) is -1.53. The molecule has 2 unspecified atom stereocenters. The lowest BCUT2D eigenvalue weighted by molar-refractivity contribution is -0.146. The summed E-state index contributed by atoms with van der Waals surface area (Å²) in [6.07, 6.45) is 12.5. The molecule has 1 spiro atoms. The lowest BCUT2D eigenvalue weighted by Gasteiger charge is -2.42. The second-order valence-electron chi connectivity index (χ2n) is 12.4. The molecule has 2 aliphatic heterocycles. The maximum Gasteiger partial charge on any atom is 0.407 e. The Morgan fingerprint density at radius 2 is 1.75 bits per heavy atom. The van der Waals surface area contributed by atoms with Crippen LogP contribution >= 0.6 is 7.75 Å². The number of amides is 1. The third-order valence-corrected chi connectivity index (χ3v) is 10.2. The topological polar surface area (TPSA) is 141 Å². The fraction of sp³-hybridized carbons (Fsp3) is 0.893. The third-order valence-electron chi connectivity index (χ3n) is 8.50. The van der Waals surface area contributed by atoms with E-state index in [9.17, 15) is 18.9 Å². The maximum atomic E-state index is 13.3. The molecule has 1 saturated carbocycles. The molecule has 0 aromatic rings. The van der Waals surface area contributed by atoms with Crippen LogP contribution in [0, 0.1) is 10.8 Å². The van der Waals surface area contributed by atoms with Crippen molar-refractivity contribution in [3.05, 3.63) is 0 Å². The van der Waals surface area contributed by atoms with E-state index in [1.165, 1.54) is 71.8 Å². The molecule has 3 aliphatic rings. The smallest absolute Gasteiger partial charge is 0.407 e. The number of rotatable bonds is 10. The summed E-state index contributed by atoms with van der Waals surface area (Å²) >= 11 is 0. The van der Waals surface area contributed by atoms with E-state index in [1.54, 1.807) is 13.8 Å². The van der Waals surface area contributed by atoms with E-state index >= 15 is 0 Å². The van der Waals surface area contributed by atoms with Crippen molar-refractivity contribution in [3.8, 4) is 0 Å². The van der Waals surface area contributed by atoms with Gasteiger partial charge in [0.15, 0.2) is 6.10 Å². The van der Waals surface area contributed by atoms with Crippen LogP contribution in [0.2, 0.25) is 0 Å². The number of ether oxygens (including phenoxy) is 2. The van der Waals surface area contributed by atoms with Crippen LogP contribution < -0.4 is 15.7 Å². The minimum absolute atomic E-state index is 0.00202. The zero-order chi connectivity index (χ0) is 29.2. The van der Waals surface area contributed by atoms with Crippen molar-refractivity contribution < 1.29 is 37.5 Å². The highest BCUT2D eigenvalue weighted by Crippen LogP contribution is 2.53. The maximum absolute atomic E-state index is 13.3. The van der Waals surface area contributed by atoms with Gasteiger partial charge >= 0.3 is 19.7 Å². The zero-order valence-electron chi connectivity index (χ0n) is 24.8. The number of nitrogens with one attached hydrogen (secondary N) is 3.